The van der Waals surface area contributed by atoms with Gasteiger partial charge in [-0.15, -0.1) is 11.3 Å². The molecular weight excluding hydrogens is 272 g/mol. The third-order valence-corrected chi connectivity index (χ3v) is 3.87. The molecule has 1 aromatic heterocycles. The molecule has 0 saturated heterocycles. The Morgan fingerprint density at radius 1 is 1.45 bits per heavy atom. The van der Waals surface area contributed by atoms with Crippen molar-refractivity contribution >= 4 is 22.9 Å². The summed E-state index contributed by atoms with van der Waals surface area (Å²) < 4.78 is 5.07. The van der Waals surface area contributed by atoms with Crippen LogP contribution in [0.3, 0.4) is 0 Å². The van der Waals surface area contributed by atoms with Gasteiger partial charge in [0.1, 0.15) is 5.75 Å². The van der Waals surface area contributed by atoms with Crippen molar-refractivity contribution in [2.75, 3.05) is 12.8 Å². The second-order valence-corrected chi connectivity index (χ2v) is 5.64. The minimum atomic E-state index is -0.158. The van der Waals surface area contributed by atoms with Gasteiger partial charge in [-0.1, -0.05) is 6.07 Å². The van der Waals surface area contributed by atoms with Gasteiger partial charge in [-0.3, -0.25) is 4.79 Å². The Morgan fingerprint density at radius 2 is 2.25 bits per heavy atom. The Morgan fingerprint density at radius 3 is 2.85 bits per heavy atom. The van der Waals surface area contributed by atoms with Gasteiger partial charge in [-0.2, -0.15) is 0 Å². The molecule has 0 radical (unpaired) electrons. The second kappa shape index (κ2) is 6.43. The molecule has 0 fully saturated rings. The zero-order valence-electron chi connectivity index (χ0n) is 11.6. The van der Waals surface area contributed by atoms with Crippen LogP contribution < -0.4 is 15.8 Å². The van der Waals surface area contributed by atoms with E-state index in [4.69, 9.17) is 10.5 Å². The lowest BCUT2D eigenvalue weighted by Crippen LogP contribution is -2.34. The van der Waals surface area contributed by atoms with Gasteiger partial charge in [-0.05, 0) is 30.5 Å². The molecule has 1 amide bonds. The Labute approximate surface area is 122 Å². The fraction of sp³-hybridized carbons (Fsp3) is 0.267. The summed E-state index contributed by atoms with van der Waals surface area (Å²) >= 11 is 1.69. The van der Waals surface area contributed by atoms with Gasteiger partial charge < -0.3 is 15.8 Å². The molecule has 0 aliphatic rings. The zero-order chi connectivity index (χ0) is 14.5. The first kappa shape index (κ1) is 14.4. The second-order valence-electron chi connectivity index (χ2n) is 4.61. The van der Waals surface area contributed by atoms with E-state index in [-0.39, 0.29) is 11.9 Å². The van der Waals surface area contributed by atoms with Gasteiger partial charge in [0, 0.05) is 29.1 Å². The lowest BCUT2D eigenvalue weighted by molar-refractivity contribution is 0.0941. The minimum absolute atomic E-state index is 0.0580. The largest absolute Gasteiger partial charge is 0.497 e. The maximum atomic E-state index is 12.2. The quantitative estimate of drug-likeness (QED) is 0.832. The number of amides is 1. The van der Waals surface area contributed by atoms with Crippen molar-refractivity contribution in [1.82, 2.24) is 5.32 Å². The van der Waals surface area contributed by atoms with Crippen LogP contribution in [0, 0.1) is 0 Å². The maximum Gasteiger partial charge on any atom is 0.253 e. The minimum Gasteiger partial charge on any atom is -0.497 e. The zero-order valence-corrected chi connectivity index (χ0v) is 12.4. The molecule has 0 bridgehead atoms. The van der Waals surface area contributed by atoms with Crippen LogP contribution in [0.2, 0.25) is 0 Å². The van der Waals surface area contributed by atoms with Crippen LogP contribution >= 0.6 is 11.3 Å². The van der Waals surface area contributed by atoms with E-state index in [1.165, 1.54) is 4.88 Å². The Bertz CT molecular complexity index is 582. The van der Waals surface area contributed by atoms with Gasteiger partial charge in [-0.25, -0.2) is 0 Å². The molecule has 0 spiro atoms. The number of nitrogens with two attached hydrogens (primary N) is 1. The number of methoxy groups -OCH3 is 1. The van der Waals surface area contributed by atoms with Gasteiger partial charge in [0.15, 0.2) is 0 Å². The van der Waals surface area contributed by atoms with Crippen LogP contribution in [0.5, 0.6) is 5.75 Å². The Balaban J connectivity index is 2.00. The summed E-state index contributed by atoms with van der Waals surface area (Å²) in [4.78, 5) is 13.4. The molecule has 4 nitrogen and oxygen atoms in total. The van der Waals surface area contributed by atoms with Crippen molar-refractivity contribution in [2.24, 2.45) is 0 Å². The van der Waals surface area contributed by atoms with E-state index >= 15 is 0 Å². The van der Waals surface area contributed by atoms with Crippen LogP contribution in [0.15, 0.2) is 35.7 Å². The summed E-state index contributed by atoms with van der Waals surface area (Å²) in [7, 11) is 1.57. The molecule has 1 aromatic carbocycles. The topological polar surface area (TPSA) is 64.3 Å². The number of carbonyl (C=O) groups excluding carboxylic acids is 1. The Kier molecular flexibility index (Phi) is 4.63. The summed E-state index contributed by atoms with van der Waals surface area (Å²) in [5.41, 5.74) is 6.77. The number of hydrogen-bond donors (Lipinski definition) is 2. The fourth-order valence-corrected chi connectivity index (χ4v) is 2.79. The van der Waals surface area contributed by atoms with Crippen LogP contribution in [-0.4, -0.2) is 19.1 Å². The number of nitrogens with one attached hydrogen (secondary N) is 1. The fourth-order valence-electron chi connectivity index (χ4n) is 1.96. The van der Waals surface area contributed by atoms with E-state index < -0.39 is 0 Å². The molecule has 20 heavy (non-hydrogen) atoms. The van der Waals surface area contributed by atoms with Crippen molar-refractivity contribution in [1.29, 1.82) is 0 Å². The van der Waals surface area contributed by atoms with E-state index in [9.17, 15) is 4.79 Å². The number of rotatable bonds is 5. The average Bonchev–Trinajstić information content (AvgIpc) is 2.90. The summed E-state index contributed by atoms with van der Waals surface area (Å²) in [6.07, 6.45) is 0.819. The first-order valence-electron chi connectivity index (χ1n) is 6.37. The molecule has 2 aromatic rings. The van der Waals surface area contributed by atoms with Crippen LogP contribution in [0.1, 0.15) is 22.2 Å². The summed E-state index contributed by atoms with van der Waals surface area (Å²) in [5.74, 6) is 0.486. The molecule has 1 atom stereocenters. The molecule has 1 heterocycles. The van der Waals surface area contributed by atoms with E-state index in [1.54, 1.807) is 36.6 Å². The van der Waals surface area contributed by atoms with E-state index in [0.717, 1.165) is 6.42 Å². The molecule has 1 unspecified atom stereocenters. The number of nitrogen functional groups attached to an aromatic ring is 1. The molecule has 0 aliphatic heterocycles. The van der Waals surface area contributed by atoms with Crippen LogP contribution in [0.4, 0.5) is 5.69 Å². The number of carbonyl (C=O) groups is 1. The molecular formula is C15H18N2O2S. The maximum absolute atomic E-state index is 12.2. The summed E-state index contributed by atoms with van der Waals surface area (Å²) in [6.45, 7) is 1.98. The highest BCUT2D eigenvalue weighted by molar-refractivity contribution is 7.09. The third kappa shape index (κ3) is 3.51. The van der Waals surface area contributed by atoms with Gasteiger partial charge in [0.05, 0.1) is 12.7 Å². The van der Waals surface area contributed by atoms with E-state index in [0.29, 0.717) is 17.0 Å². The monoisotopic (exact) mass is 290 g/mol. The summed E-state index contributed by atoms with van der Waals surface area (Å²) in [6, 6.07) is 9.20. The van der Waals surface area contributed by atoms with E-state index in [2.05, 4.69) is 11.4 Å². The molecule has 0 saturated carbocycles. The van der Waals surface area contributed by atoms with Gasteiger partial charge in [0.25, 0.3) is 5.91 Å². The third-order valence-electron chi connectivity index (χ3n) is 2.97. The molecule has 106 valence electrons. The molecule has 5 heteroatoms. The van der Waals surface area contributed by atoms with Gasteiger partial charge >= 0.3 is 0 Å². The predicted octanol–water partition coefficient (Wildman–Crippen LogP) is 2.70. The standard InChI is InChI=1S/C15H18N2O2S/c1-10(8-12-4-3-7-20-12)17-15(18)13-6-5-11(19-2)9-14(13)16/h3-7,9-10H,8,16H2,1-2H3,(H,17,18). The normalized spacial score (nSPS) is 11.9. The van der Waals surface area contributed by atoms with Crippen molar-refractivity contribution < 1.29 is 9.53 Å². The summed E-state index contributed by atoms with van der Waals surface area (Å²) in [5, 5.41) is 4.99. The highest BCUT2D eigenvalue weighted by Crippen LogP contribution is 2.20. The smallest absolute Gasteiger partial charge is 0.253 e. The van der Waals surface area contributed by atoms with Crippen LogP contribution in [0.25, 0.3) is 0 Å². The van der Waals surface area contributed by atoms with Crippen molar-refractivity contribution in [3.8, 4) is 5.75 Å². The van der Waals surface area contributed by atoms with Crippen LogP contribution in [-0.2, 0) is 6.42 Å². The average molecular weight is 290 g/mol. The number of anilines is 1. The number of benzene rings is 1. The number of hydrogen-bond acceptors (Lipinski definition) is 4. The molecule has 3 N–H and O–H groups in total. The highest BCUT2D eigenvalue weighted by Gasteiger charge is 2.13. The van der Waals surface area contributed by atoms with Crippen molar-refractivity contribution in [2.45, 2.75) is 19.4 Å². The lowest BCUT2D eigenvalue weighted by atomic mass is 10.1. The van der Waals surface area contributed by atoms with Gasteiger partial charge in [0.2, 0.25) is 0 Å². The Hall–Kier alpha value is -2.01. The predicted molar refractivity (Wildman–Crippen MR) is 82.4 cm³/mol. The molecule has 2 rings (SSSR count). The lowest BCUT2D eigenvalue weighted by Gasteiger charge is -2.14. The first-order chi connectivity index (χ1) is 9.60. The number of thiophene rings is 1. The highest BCUT2D eigenvalue weighted by atomic mass is 32.1. The first-order valence-corrected chi connectivity index (χ1v) is 7.25. The van der Waals surface area contributed by atoms with Crippen molar-refractivity contribution in [3.05, 3.63) is 46.2 Å². The number of ether oxygens (including phenoxy) is 1. The molecule has 0 aliphatic carbocycles. The SMILES string of the molecule is COc1ccc(C(=O)NC(C)Cc2cccs2)c(N)c1. The van der Waals surface area contributed by atoms with E-state index in [1.807, 2.05) is 18.4 Å². The van der Waals surface area contributed by atoms with Crippen molar-refractivity contribution in [3.63, 3.8) is 0 Å².